The molecule has 21 heavy (non-hydrogen) atoms. The highest BCUT2D eigenvalue weighted by molar-refractivity contribution is 5.16. The van der Waals surface area contributed by atoms with Crippen LogP contribution in [0.5, 0.6) is 0 Å². The molecule has 0 radical (unpaired) electrons. The quantitative estimate of drug-likeness (QED) is 0.894. The second kappa shape index (κ2) is 6.10. The second-order valence-electron chi connectivity index (χ2n) is 7.45. The third-order valence-electron chi connectivity index (χ3n) is 5.75. The first kappa shape index (κ1) is 13.8. The van der Waals surface area contributed by atoms with Crippen LogP contribution in [-0.4, -0.2) is 36.6 Å². The third-order valence-corrected chi connectivity index (χ3v) is 5.75. The van der Waals surface area contributed by atoms with E-state index in [1.807, 2.05) is 0 Å². The van der Waals surface area contributed by atoms with Crippen molar-refractivity contribution in [1.29, 1.82) is 0 Å². The van der Waals surface area contributed by atoms with E-state index in [4.69, 9.17) is 0 Å². The summed E-state index contributed by atoms with van der Waals surface area (Å²) < 4.78 is 0. The maximum Gasteiger partial charge on any atom is 0.0249 e. The fourth-order valence-corrected chi connectivity index (χ4v) is 4.10. The number of rotatable bonds is 5. The van der Waals surface area contributed by atoms with Crippen molar-refractivity contribution < 1.29 is 0 Å². The van der Waals surface area contributed by atoms with Crippen LogP contribution in [0.3, 0.4) is 0 Å². The Bertz CT molecular complexity index is 450. The summed E-state index contributed by atoms with van der Waals surface area (Å²) in [6.45, 7) is 3.84. The number of nitrogens with one attached hydrogen (secondary N) is 1. The van der Waals surface area contributed by atoms with Gasteiger partial charge in [-0.1, -0.05) is 36.8 Å². The van der Waals surface area contributed by atoms with E-state index in [0.717, 1.165) is 17.9 Å². The van der Waals surface area contributed by atoms with Crippen LogP contribution in [0.15, 0.2) is 30.3 Å². The van der Waals surface area contributed by atoms with Crippen molar-refractivity contribution in [2.45, 2.75) is 50.6 Å². The number of hydrogen-bond donors (Lipinski definition) is 1. The van der Waals surface area contributed by atoms with Crippen LogP contribution in [0.1, 0.15) is 37.7 Å². The fourth-order valence-electron chi connectivity index (χ4n) is 4.10. The van der Waals surface area contributed by atoms with Gasteiger partial charge in [-0.15, -0.1) is 0 Å². The molecule has 0 bridgehead atoms. The lowest BCUT2D eigenvalue weighted by atomic mass is 9.84. The Balaban J connectivity index is 1.38. The SMILES string of the molecule is c1ccc(CC2CN(CC3CCC3)C(C3CC3)CN2)cc1. The first-order chi connectivity index (χ1) is 10.4. The van der Waals surface area contributed by atoms with Crippen LogP contribution in [0.2, 0.25) is 0 Å². The van der Waals surface area contributed by atoms with E-state index in [9.17, 15) is 0 Å². The Morgan fingerprint density at radius 1 is 1.05 bits per heavy atom. The molecule has 1 saturated heterocycles. The van der Waals surface area contributed by atoms with Gasteiger partial charge in [0.15, 0.2) is 0 Å². The molecule has 2 aliphatic carbocycles. The molecule has 114 valence electrons. The van der Waals surface area contributed by atoms with Crippen LogP contribution in [0.25, 0.3) is 0 Å². The van der Waals surface area contributed by atoms with Gasteiger partial charge in [0.1, 0.15) is 0 Å². The van der Waals surface area contributed by atoms with Gasteiger partial charge in [-0.05, 0) is 49.5 Å². The van der Waals surface area contributed by atoms with Crippen molar-refractivity contribution in [3.05, 3.63) is 35.9 Å². The van der Waals surface area contributed by atoms with Crippen molar-refractivity contribution in [2.75, 3.05) is 19.6 Å². The van der Waals surface area contributed by atoms with E-state index >= 15 is 0 Å². The Labute approximate surface area is 128 Å². The monoisotopic (exact) mass is 284 g/mol. The molecule has 1 aromatic carbocycles. The average Bonchev–Trinajstić information content (AvgIpc) is 3.29. The van der Waals surface area contributed by atoms with Gasteiger partial charge in [0.05, 0.1) is 0 Å². The molecule has 2 unspecified atom stereocenters. The standard InChI is InChI=1S/C19H28N2/c1-2-5-15(6-3-1)11-18-14-21(13-16-7-4-8-16)19(12-20-18)17-9-10-17/h1-3,5-6,16-20H,4,7-14H2. The predicted octanol–water partition coefficient (Wildman–Crippen LogP) is 3.08. The minimum atomic E-state index is 0.641. The molecule has 2 atom stereocenters. The minimum absolute atomic E-state index is 0.641. The molecule has 1 heterocycles. The maximum atomic E-state index is 3.84. The zero-order valence-electron chi connectivity index (χ0n) is 13.0. The van der Waals surface area contributed by atoms with Crippen LogP contribution < -0.4 is 5.32 Å². The zero-order chi connectivity index (χ0) is 14.1. The molecule has 1 aromatic rings. The van der Waals surface area contributed by atoms with Gasteiger partial charge < -0.3 is 5.32 Å². The Kier molecular flexibility index (Phi) is 4.00. The van der Waals surface area contributed by atoms with E-state index in [1.165, 1.54) is 63.7 Å². The summed E-state index contributed by atoms with van der Waals surface area (Å²) in [4.78, 5) is 2.85. The maximum absolute atomic E-state index is 3.84. The van der Waals surface area contributed by atoms with E-state index in [1.54, 1.807) is 0 Å². The highest BCUT2D eigenvalue weighted by Gasteiger charge is 2.39. The first-order valence-corrected chi connectivity index (χ1v) is 8.90. The van der Waals surface area contributed by atoms with Crippen LogP contribution in [0, 0.1) is 11.8 Å². The molecule has 2 saturated carbocycles. The predicted molar refractivity (Wildman–Crippen MR) is 87.4 cm³/mol. The summed E-state index contributed by atoms with van der Waals surface area (Å²) in [6.07, 6.45) is 8.54. The highest BCUT2D eigenvalue weighted by Crippen LogP contribution is 2.38. The first-order valence-electron chi connectivity index (χ1n) is 8.90. The normalized spacial score (nSPS) is 31.0. The van der Waals surface area contributed by atoms with Crippen LogP contribution >= 0.6 is 0 Å². The zero-order valence-corrected chi connectivity index (χ0v) is 13.0. The van der Waals surface area contributed by atoms with Gasteiger partial charge >= 0.3 is 0 Å². The molecular weight excluding hydrogens is 256 g/mol. The van der Waals surface area contributed by atoms with E-state index in [-0.39, 0.29) is 0 Å². The summed E-state index contributed by atoms with van der Waals surface area (Å²) in [7, 11) is 0. The van der Waals surface area contributed by atoms with Gasteiger partial charge in [-0.25, -0.2) is 0 Å². The molecule has 1 aliphatic heterocycles. The lowest BCUT2D eigenvalue weighted by molar-refractivity contribution is 0.0774. The van der Waals surface area contributed by atoms with Crippen molar-refractivity contribution in [1.82, 2.24) is 10.2 Å². The fraction of sp³-hybridized carbons (Fsp3) is 0.684. The summed E-state index contributed by atoms with van der Waals surface area (Å²) in [5, 5.41) is 3.84. The van der Waals surface area contributed by atoms with Crippen molar-refractivity contribution in [3.8, 4) is 0 Å². The van der Waals surface area contributed by atoms with E-state index < -0.39 is 0 Å². The summed E-state index contributed by atoms with van der Waals surface area (Å²) >= 11 is 0. The van der Waals surface area contributed by atoms with E-state index in [2.05, 4.69) is 40.5 Å². The molecule has 0 amide bonds. The topological polar surface area (TPSA) is 15.3 Å². The Hall–Kier alpha value is -0.860. The lowest BCUT2D eigenvalue weighted by Crippen LogP contribution is -2.59. The summed E-state index contributed by atoms with van der Waals surface area (Å²) in [5.41, 5.74) is 1.48. The number of benzene rings is 1. The second-order valence-corrected chi connectivity index (χ2v) is 7.45. The minimum Gasteiger partial charge on any atom is -0.311 e. The van der Waals surface area contributed by atoms with Crippen molar-refractivity contribution >= 4 is 0 Å². The van der Waals surface area contributed by atoms with Gasteiger partial charge in [0.2, 0.25) is 0 Å². The highest BCUT2D eigenvalue weighted by atomic mass is 15.2. The molecule has 3 aliphatic rings. The molecule has 2 heteroatoms. The summed E-state index contributed by atoms with van der Waals surface area (Å²) in [5.74, 6) is 2.00. The van der Waals surface area contributed by atoms with Crippen LogP contribution in [-0.2, 0) is 6.42 Å². The molecule has 4 rings (SSSR count). The lowest BCUT2D eigenvalue weighted by Gasteiger charge is -2.44. The molecular formula is C19H28N2. The number of hydrogen-bond acceptors (Lipinski definition) is 2. The molecule has 0 aromatic heterocycles. The van der Waals surface area contributed by atoms with Crippen molar-refractivity contribution in [3.63, 3.8) is 0 Å². The molecule has 0 spiro atoms. The largest absolute Gasteiger partial charge is 0.311 e. The third kappa shape index (κ3) is 3.32. The number of piperazine rings is 1. The van der Waals surface area contributed by atoms with Crippen molar-refractivity contribution in [2.24, 2.45) is 11.8 Å². The van der Waals surface area contributed by atoms with Gasteiger partial charge in [0, 0.05) is 31.7 Å². The molecule has 2 nitrogen and oxygen atoms in total. The average molecular weight is 284 g/mol. The number of nitrogens with zero attached hydrogens (tertiary/aromatic N) is 1. The van der Waals surface area contributed by atoms with E-state index in [0.29, 0.717) is 6.04 Å². The summed E-state index contributed by atoms with van der Waals surface area (Å²) in [6, 6.07) is 12.5. The van der Waals surface area contributed by atoms with Gasteiger partial charge in [-0.2, -0.15) is 0 Å². The van der Waals surface area contributed by atoms with Crippen LogP contribution in [0.4, 0.5) is 0 Å². The molecule has 3 fully saturated rings. The van der Waals surface area contributed by atoms with Gasteiger partial charge in [0.25, 0.3) is 0 Å². The smallest absolute Gasteiger partial charge is 0.0249 e. The Morgan fingerprint density at radius 3 is 2.52 bits per heavy atom. The Morgan fingerprint density at radius 2 is 1.86 bits per heavy atom. The molecule has 1 N–H and O–H groups in total. The van der Waals surface area contributed by atoms with Gasteiger partial charge in [-0.3, -0.25) is 4.90 Å².